The van der Waals surface area contributed by atoms with E-state index in [1.165, 1.54) is 0 Å². The number of carbonyl (C=O) groups is 1. The Labute approximate surface area is 161 Å². The van der Waals surface area contributed by atoms with Crippen molar-refractivity contribution in [2.24, 2.45) is 0 Å². The third-order valence-electron chi connectivity index (χ3n) is 4.44. The van der Waals surface area contributed by atoms with E-state index in [2.05, 4.69) is 4.98 Å². The zero-order valence-electron chi connectivity index (χ0n) is 14.6. The SMILES string of the molecule is O=C(Oc1ccc(Cl)c2cccnc12)c1ccccc1OCC1CCCO1. The predicted octanol–water partition coefficient (Wildman–Crippen LogP) is 4.67. The molecule has 5 nitrogen and oxygen atoms in total. The molecule has 3 aromatic rings. The van der Waals surface area contributed by atoms with E-state index in [0.29, 0.717) is 34.2 Å². The van der Waals surface area contributed by atoms with Crippen LogP contribution < -0.4 is 9.47 Å². The van der Waals surface area contributed by atoms with Gasteiger partial charge in [0.05, 0.1) is 11.1 Å². The molecule has 27 heavy (non-hydrogen) atoms. The van der Waals surface area contributed by atoms with Gasteiger partial charge in [-0.1, -0.05) is 23.7 Å². The highest BCUT2D eigenvalue weighted by Gasteiger charge is 2.20. The van der Waals surface area contributed by atoms with Gasteiger partial charge in [-0.3, -0.25) is 4.98 Å². The lowest BCUT2D eigenvalue weighted by atomic mass is 10.2. The van der Waals surface area contributed by atoms with Crippen LogP contribution in [-0.2, 0) is 4.74 Å². The molecule has 1 aromatic heterocycles. The quantitative estimate of drug-likeness (QED) is 0.473. The van der Waals surface area contributed by atoms with Crippen LogP contribution in [0.15, 0.2) is 54.7 Å². The van der Waals surface area contributed by atoms with Crippen LogP contribution in [0, 0.1) is 0 Å². The summed E-state index contributed by atoms with van der Waals surface area (Å²) in [5.74, 6) is 0.324. The summed E-state index contributed by atoms with van der Waals surface area (Å²) in [7, 11) is 0. The van der Waals surface area contributed by atoms with E-state index in [1.807, 2.05) is 12.1 Å². The molecule has 0 radical (unpaired) electrons. The monoisotopic (exact) mass is 383 g/mol. The molecular formula is C21H18ClNO4. The Morgan fingerprint density at radius 1 is 1.15 bits per heavy atom. The maximum Gasteiger partial charge on any atom is 0.347 e. The molecule has 138 valence electrons. The lowest BCUT2D eigenvalue weighted by Gasteiger charge is -2.14. The van der Waals surface area contributed by atoms with Crippen molar-refractivity contribution < 1.29 is 19.0 Å². The maximum atomic E-state index is 12.8. The molecule has 1 aliphatic heterocycles. The van der Waals surface area contributed by atoms with Crippen molar-refractivity contribution in [1.29, 1.82) is 0 Å². The van der Waals surface area contributed by atoms with Gasteiger partial charge in [0, 0.05) is 18.2 Å². The molecule has 1 atom stereocenters. The molecule has 1 unspecified atom stereocenters. The molecule has 6 heteroatoms. The number of ether oxygens (including phenoxy) is 3. The Morgan fingerprint density at radius 3 is 2.89 bits per heavy atom. The van der Waals surface area contributed by atoms with Gasteiger partial charge >= 0.3 is 5.97 Å². The molecule has 0 amide bonds. The number of pyridine rings is 1. The Balaban J connectivity index is 1.56. The van der Waals surface area contributed by atoms with E-state index >= 15 is 0 Å². The molecule has 0 saturated carbocycles. The van der Waals surface area contributed by atoms with Crippen LogP contribution in [0.4, 0.5) is 0 Å². The fourth-order valence-corrected chi connectivity index (χ4v) is 3.28. The van der Waals surface area contributed by atoms with Gasteiger partial charge in [0.15, 0.2) is 5.75 Å². The van der Waals surface area contributed by atoms with Crippen molar-refractivity contribution in [2.75, 3.05) is 13.2 Å². The standard InChI is InChI=1S/C21H18ClNO4/c22-17-9-10-19(20-15(17)7-3-11-23-20)27-21(24)16-6-1-2-8-18(16)26-13-14-5-4-12-25-14/h1-3,6-11,14H,4-5,12-13H2. The second-order valence-electron chi connectivity index (χ2n) is 6.28. The van der Waals surface area contributed by atoms with Gasteiger partial charge < -0.3 is 14.2 Å². The summed E-state index contributed by atoms with van der Waals surface area (Å²) in [6.45, 7) is 1.17. The Hall–Kier alpha value is -2.63. The summed E-state index contributed by atoms with van der Waals surface area (Å²) in [5.41, 5.74) is 0.894. The van der Waals surface area contributed by atoms with Crippen molar-refractivity contribution in [2.45, 2.75) is 18.9 Å². The van der Waals surface area contributed by atoms with Gasteiger partial charge in [0.1, 0.15) is 23.4 Å². The van der Waals surface area contributed by atoms with Crippen molar-refractivity contribution in [3.05, 3.63) is 65.3 Å². The van der Waals surface area contributed by atoms with Crippen molar-refractivity contribution in [3.8, 4) is 11.5 Å². The Morgan fingerprint density at radius 2 is 2.04 bits per heavy atom. The smallest absolute Gasteiger partial charge is 0.347 e. The number of rotatable bonds is 5. The maximum absolute atomic E-state index is 12.8. The zero-order valence-corrected chi connectivity index (χ0v) is 15.3. The topological polar surface area (TPSA) is 57.7 Å². The molecule has 1 fully saturated rings. The number of benzene rings is 2. The van der Waals surface area contributed by atoms with Crippen LogP contribution in [0.2, 0.25) is 5.02 Å². The van der Waals surface area contributed by atoms with Gasteiger partial charge in [-0.05, 0) is 49.2 Å². The normalized spacial score (nSPS) is 16.4. The number of fused-ring (bicyclic) bond motifs is 1. The van der Waals surface area contributed by atoms with Crippen molar-refractivity contribution in [3.63, 3.8) is 0 Å². The van der Waals surface area contributed by atoms with Gasteiger partial charge in [0.25, 0.3) is 0 Å². The van der Waals surface area contributed by atoms with Gasteiger partial charge in [-0.15, -0.1) is 0 Å². The summed E-state index contributed by atoms with van der Waals surface area (Å²) in [5, 5.41) is 1.28. The van der Waals surface area contributed by atoms with E-state index in [1.54, 1.807) is 42.6 Å². The largest absolute Gasteiger partial charge is 0.490 e. The minimum absolute atomic E-state index is 0.0680. The molecule has 1 aliphatic rings. The van der Waals surface area contributed by atoms with Crippen LogP contribution in [0.1, 0.15) is 23.2 Å². The van der Waals surface area contributed by atoms with Crippen molar-refractivity contribution >= 4 is 28.5 Å². The highest BCUT2D eigenvalue weighted by molar-refractivity contribution is 6.35. The average molecular weight is 384 g/mol. The second kappa shape index (κ2) is 7.94. The number of carbonyl (C=O) groups excluding carboxylic acids is 1. The molecule has 0 spiro atoms. The Kier molecular flexibility index (Phi) is 5.23. The lowest BCUT2D eigenvalue weighted by molar-refractivity contribution is 0.0645. The van der Waals surface area contributed by atoms with E-state index in [4.69, 9.17) is 25.8 Å². The first-order valence-corrected chi connectivity index (χ1v) is 9.19. The first-order valence-electron chi connectivity index (χ1n) is 8.81. The molecule has 1 saturated heterocycles. The fraction of sp³-hybridized carbons (Fsp3) is 0.238. The van der Waals surface area contributed by atoms with Crippen LogP contribution in [0.5, 0.6) is 11.5 Å². The predicted molar refractivity (Wildman–Crippen MR) is 103 cm³/mol. The average Bonchev–Trinajstić information content (AvgIpc) is 3.22. The minimum Gasteiger partial charge on any atom is -0.490 e. The summed E-state index contributed by atoms with van der Waals surface area (Å²) in [6, 6.07) is 14.0. The van der Waals surface area contributed by atoms with Gasteiger partial charge in [-0.25, -0.2) is 4.79 Å². The molecule has 0 N–H and O–H groups in total. The molecular weight excluding hydrogens is 366 g/mol. The fourth-order valence-electron chi connectivity index (χ4n) is 3.07. The number of para-hydroxylation sites is 1. The molecule has 2 heterocycles. The van der Waals surface area contributed by atoms with Crippen LogP contribution in [0.3, 0.4) is 0 Å². The summed E-state index contributed by atoms with van der Waals surface area (Å²) in [4.78, 5) is 17.1. The number of halogens is 1. The van der Waals surface area contributed by atoms with Crippen LogP contribution in [0.25, 0.3) is 10.9 Å². The van der Waals surface area contributed by atoms with Crippen LogP contribution in [-0.4, -0.2) is 30.3 Å². The zero-order chi connectivity index (χ0) is 18.6. The molecule has 0 bridgehead atoms. The molecule has 4 rings (SSSR count). The van der Waals surface area contributed by atoms with Crippen molar-refractivity contribution in [1.82, 2.24) is 4.98 Å². The number of esters is 1. The minimum atomic E-state index is -0.507. The molecule has 0 aliphatic carbocycles. The number of aromatic nitrogens is 1. The summed E-state index contributed by atoms with van der Waals surface area (Å²) < 4.78 is 17.0. The molecule has 2 aromatic carbocycles. The van der Waals surface area contributed by atoms with Gasteiger partial charge in [-0.2, -0.15) is 0 Å². The van der Waals surface area contributed by atoms with Gasteiger partial charge in [0.2, 0.25) is 0 Å². The summed E-state index contributed by atoms with van der Waals surface area (Å²) in [6.07, 6.45) is 3.71. The number of hydrogen-bond acceptors (Lipinski definition) is 5. The van der Waals surface area contributed by atoms with Crippen LogP contribution >= 0.6 is 11.6 Å². The van der Waals surface area contributed by atoms with E-state index in [0.717, 1.165) is 24.8 Å². The number of nitrogens with zero attached hydrogens (tertiary/aromatic N) is 1. The highest BCUT2D eigenvalue weighted by Crippen LogP contribution is 2.31. The first-order chi connectivity index (χ1) is 13.2. The number of hydrogen-bond donors (Lipinski definition) is 0. The third kappa shape index (κ3) is 3.89. The Bertz CT molecular complexity index is 969. The third-order valence-corrected chi connectivity index (χ3v) is 4.77. The second-order valence-corrected chi connectivity index (χ2v) is 6.68. The van der Waals surface area contributed by atoms with E-state index < -0.39 is 5.97 Å². The van der Waals surface area contributed by atoms with E-state index in [-0.39, 0.29) is 6.10 Å². The lowest BCUT2D eigenvalue weighted by Crippen LogP contribution is -2.18. The summed E-state index contributed by atoms with van der Waals surface area (Å²) >= 11 is 6.20. The van der Waals surface area contributed by atoms with E-state index in [9.17, 15) is 4.79 Å². The highest BCUT2D eigenvalue weighted by atomic mass is 35.5. The first kappa shape index (κ1) is 17.8.